The van der Waals surface area contributed by atoms with Crippen LogP contribution in [0.3, 0.4) is 0 Å². The minimum atomic E-state index is -4.33. The summed E-state index contributed by atoms with van der Waals surface area (Å²) in [6.45, 7) is 2.25. The van der Waals surface area contributed by atoms with Crippen molar-refractivity contribution in [1.29, 1.82) is 0 Å². The van der Waals surface area contributed by atoms with Crippen molar-refractivity contribution in [3.05, 3.63) is 53.1 Å². The molecule has 1 saturated carbocycles. The fourth-order valence-electron chi connectivity index (χ4n) is 3.89. The summed E-state index contributed by atoms with van der Waals surface area (Å²) in [5.74, 6) is 0.714. The maximum Gasteiger partial charge on any atom is 0.416 e. The molecule has 0 aromatic heterocycles. The summed E-state index contributed by atoms with van der Waals surface area (Å²) in [5, 5.41) is 3.46. The van der Waals surface area contributed by atoms with Crippen LogP contribution in [0.5, 0.6) is 0 Å². The Labute approximate surface area is 156 Å². The van der Waals surface area contributed by atoms with Crippen LogP contribution in [0, 0.1) is 5.92 Å². The molecule has 0 unspecified atom stereocenters. The molecule has 0 atom stereocenters. The molecule has 0 bridgehead atoms. The van der Waals surface area contributed by atoms with Gasteiger partial charge in [-0.15, -0.1) is 0 Å². The van der Waals surface area contributed by atoms with E-state index in [4.69, 9.17) is 0 Å². The molecule has 4 rings (SSSR count). The van der Waals surface area contributed by atoms with Crippen LogP contribution in [-0.4, -0.2) is 6.04 Å². The van der Waals surface area contributed by atoms with Crippen LogP contribution >= 0.6 is 11.8 Å². The first kappa shape index (κ1) is 17.8. The van der Waals surface area contributed by atoms with E-state index in [1.807, 2.05) is 18.2 Å². The fourth-order valence-corrected chi connectivity index (χ4v) is 5.04. The third kappa shape index (κ3) is 3.59. The smallest absolute Gasteiger partial charge is 0.382 e. The Balaban J connectivity index is 1.70. The van der Waals surface area contributed by atoms with Gasteiger partial charge in [-0.25, -0.2) is 0 Å². The number of hydrogen-bond donors (Lipinski definition) is 1. The highest BCUT2D eigenvalue weighted by atomic mass is 32.2. The monoisotopic (exact) mass is 377 g/mol. The Kier molecular flexibility index (Phi) is 4.68. The summed E-state index contributed by atoms with van der Waals surface area (Å²) in [4.78, 5) is 1.78. The molecule has 2 aromatic carbocycles. The second-order valence-electron chi connectivity index (χ2n) is 7.49. The molecular weight excluding hydrogens is 355 g/mol. The lowest BCUT2D eigenvalue weighted by Crippen LogP contribution is -2.26. The summed E-state index contributed by atoms with van der Waals surface area (Å²) in [5.41, 5.74) is 2.29. The third-order valence-corrected chi connectivity index (χ3v) is 6.67. The van der Waals surface area contributed by atoms with E-state index in [1.54, 1.807) is 0 Å². The largest absolute Gasteiger partial charge is 0.416 e. The van der Waals surface area contributed by atoms with Crippen molar-refractivity contribution in [2.24, 2.45) is 5.92 Å². The van der Waals surface area contributed by atoms with E-state index in [1.165, 1.54) is 29.5 Å². The summed E-state index contributed by atoms with van der Waals surface area (Å²) in [6, 6.07) is 10.9. The first-order chi connectivity index (χ1) is 12.4. The van der Waals surface area contributed by atoms with E-state index in [0.29, 0.717) is 18.0 Å². The number of anilines is 1. The molecule has 1 N–H and O–H groups in total. The number of halogens is 3. The number of fused-ring (bicyclic) bond motifs is 2. The summed E-state index contributed by atoms with van der Waals surface area (Å²) in [7, 11) is 0. The number of rotatable bonds is 2. The van der Waals surface area contributed by atoms with Gasteiger partial charge in [-0.1, -0.05) is 36.9 Å². The highest BCUT2D eigenvalue weighted by molar-refractivity contribution is 7.99. The predicted octanol–water partition coefficient (Wildman–Crippen LogP) is 6.75. The predicted molar refractivity (Wildman–Crippen MR) is 99.9 cm³/mol. The third-order valence-electron chi connectivity index (χ3n) is 5.47. The van der Waals surface area contributed by atoms with Crippen molar-refractivity contribution < 1.29 is 13.2 Å². The topological polar surface area (TPSA) is 12.0 Å². The van der Waals surface area contributed by atoms with Crippen molar-refractivity contribution in [3.8, 4) is 0 Å². The van der Waals surface area contributed by atoms with Gasteiger partial charge in [0.15, 0.2) is 0 Å². The molecule has 138 valence electrons. The van der Waals surface area contributed by atoms with E-state index >= 15 is 0 Å². The highest BCUT2D eigenvalue weighted by Gasteiger charge is 2.33. The molecule has 0 spiro atoms. The lowest BCUT2D eigenvalue weighted by atomic mass is 9.87. The van der Waals surface area contributed by atoms with Crippen LogP contribution in [0.1, 0.15) is 49.3 Å². The SMILES string of the molecule is CC1CCC(Nc2cc(C(F)(F)F)cc3c2Cc2ccccc2S3)CC1. The Morgan fingerprint density at radius 3 is 2.46 bits per heavy atom. The van der Waals surface area contributed by atoms with Gasteiger partial charge in [-0.2, -0.15) is 13.2 Å². The number of hydrogen-bond acceptors (Lipinski definition) is 2. The van der Waals surface area contributed by atoms with Crippen molar-refractivity contribution in [2.75, 3.05) is 5.32 Å². The summed E-state index contributed by atoms with van der Waals surface area (Å²) < 4.78 is 40.3. The minimum absolute atomic E-state index is 0.265. The second-order valence-corrected chi connectivity index (χ2v) is 8.57. The maximum atomic E-state index is 13.4. The van der Waals surface area contributed by atoms with Gasteiger partial charge < -0.3 is 5.32 Å². The van der Waals surface area contributed by atoms with Crippen molar-refractivity contribution in [3.63, 3.8) is 0 Å². The lowest BCUT2D eigenvalue weighted by Gasteiger charge is -2.30. The Morgan fingerprint density at radius 2 is 1.73 bits per heavy atom. The van der Waals surface area contributed by atoms with Crippen LogP contribution in [0.25, 0.3) is 0 Å². The molecule has 26 heavy (non-hydrogen) atoms. The van der Waals surface area contributed by atoms with Crippen LogP contribution in [0.15, 0.2) is 46.2 Å². The van der Waals surface area contributed by atoms with Crippen molar-refractivity contribution in [1.82, 2.24) is 0 Å². The highest BCUT2D eigenvalue weighted by Crippen LogP contribution is 2.45. The quantitative estimate of drug-likeness (QED) is 0.530. The van der Waals surface area contributed by atoms with Gasteiger partial charge in [0, 0.05) is 27.9 Å². The van der Waals surface area contributed by atoms with Gasteiger partial charge in [-0.3, -0.25) is 0 Å². The number of alkyl halides is 3. The summed E-state index contributed by atoms with van der Waals surface area (Å²) in [6.07, 6.45) is 0.671. The van der Waals surface area contributed by atoms with Crippen molar-refractivity contribution >= 4 is 17.4 Å². The molecule has 1 aliphatic heterocycles. The average Bonchev–Trinajstić information content (AvgIpc) is 2.61. The lowest BCUT2D eigenvalue weighted by molar-refractivity contribution is -0.137. The first-order valence-electron chi connectivity index (χ1n) is 9.16. The summed E-state index contributed by atoms with van der Waals surface area (Å²) >= 11 is 1.45. The van der Waals surface area contributed by atoms with Gasteiger partial charge in [0.1, 0.15) is 0 Å². The molecule has 2 aliphatic rings. The van der Waals surface area contributed by atoms with E-state index in [-0.39, 0.29) is 6.04 Å². The molecule has 1 nitrogen and oxygen atoms in total. The Hall–Kier alpha value is -1.62. The normalized spacial score (nSPS) is 22.5. The van der Waals surface area contributed by atoms with E-state index in [0.717, 1.165) is 41.0 Å². The zero-order chi connectivity index (χ0) is 18.3. The molecule has 0 saturated heterocycles. The first-order valence-corrected chi connectivity index (χ1v) is 9.98. The van der Waals surface area contributed by atoms with Gasteiger partial charge in [-0.05, 0) is 60.9 Å². The zero-order valence-electron chi connectivity index (χ0n) is 14.7. The molecule has 1 aliphatic carbocycles. The standard InChI is InChI=1S/C21H22F3NS/c1-13-6-8-16(9-7-13)25-18-11-15(21(22,23)24)12-20-17(18)10-14-4-2-3-5-19(14)26-20/h2-5,11-13,16,25H,6-10H2,1H3. The number of benzene rings is 2. The average molecular weight is 377 g/mol. The molecule has 1 heterocycles. The Morgan fingerprint density at radius 1 is 1.00 bits per heavy atom. The fraction of sp³-hybridized carbons (Fsp3) is 0.429. The molecule has 5 heteroatoms. The van der Waals surface area contributed by atoms with Crippen LogP contribution < -0.4 is 5.32 Å². The minimum Gasteiger partial charge on any atom is -0.382 e. The van der Waals surface area contributed by atoms with Crippen LogP contribution in [0.2, 0.25) is 0 Å². The molecule has 1 fully saturated rings. The molecule has 0 radical (unpaired) electrons. The molecule has 0 amide bonds. The van der Waals surface area contributed by atoms with E-state index < -0.39 is 11.7 Å². The van der Waals surface area contributed by atoms with E-state index in [9.17, 15) is 13.2 Å². The van der Waals surface area contributed by atoms with Gasteiger partial charge in [0.25, 0.3) is 0 Å². The van der Waals surface area contributed by atoms with E-state index in [2.05, 4.69) is 18.3 Å². The van der Waals surface area contributed by atoms with Crippen LogP contribution in [-0.2, 0) is 12.6 Å². The molecular formula is C21H22F3NS. The maximum absolute atomic E-state index is 13.4. The van der Waals surface area contributed by atoms with Crippen LogP contribution in [0.4, 0.5) is 18.9 Å². The van der Waals surface area contributed by atoms with Gasteiger partial charge in [0.2, 0.25) is 0 Å². The van der Waals surface area contributed by atoms with Crippen molar-refractivity contribution in [2.45, 2.75) is 61.0 Å². The second kappa shape index (κ2) is 6.84. The Bertz CT molecular complexity index is 807. The van der Waals surface area contributed by atoms with Gasteiger partial charge >= 0.3 is 6.18 Å². The number of nitrogens with one attached hydrogen (secondary N) is 1. The van der Waals surface area contributed by atoms with Gasteiger partial charge in [0.05, 0.1) is 5.56 Å². The zero-order valence-corrected chi connectivity index (χ0v) is 15.5. The molecule has 2 aromatic rings.